The molecule has 0 aliphatic carbocycles. The Balaban J connectivity index is 1.63. The average Bonchev–Trinajstić information content (AvgIpc) is 2.75. The number of aryl methyl sites for hydroxylation is 1. The number of amides is 2. The highest BCUT2D eigenvalue weighted by molar-refractivity contribution is 6.02. The molecule has 3 rings (SSSR count). The van der Waals surface area contributed by atoms with Crippen molar-refractivity contribution in [2.75, 3.05) is 6.54 Å². The second-order valence-corrected chi connectivity index (χ2v) is 6.65. The lowest BCUT2D eigenvalue weighted by atomic mass is 10.0. The van der Waals surface area contributed by atoms with Gasteiger partial charge < -0.3 is 15.3 Å². The first-order chi connectivity index (χ1) is 14.0. The number of nitrogens with one attached hydrogen (secondary N) is 1. The van der Waals surface area contributed by atoms with Crippen LogP contribution in [0.5, 0.6) is 0 Å². The molecule has 1 aliphatic rings. The average molecular weight is 390 g/mol. The van der Waals surface area contributed by atoms with Crippen molar-refractivity contribution in [1.29, 1.82) is 0 Å². The molecule has 2 aromatic carbocycles. The summed E-state index contributed by atoms with van der Waals surface area (Å²) in [6, 6.07) is 15.8. The first-order valence-electron chi connectivity index (χ1n) is 9.37. The fourth-order valence-electron chi connectivity index (χ4n) is 2.97. The van der Waals surface area contributed by atoms with Crippen LogP contribution < -0.4 is 5.32 Å². The van der Waals surface area contributed by atoms with Crippen molar-refractivity contribution in [3.05, 3.63) is 89.1 Å². The molecule has 0 spiro atoms. The van der Waals surface area contributed by atoms with Crippen molar-refractivity contribution in [2.24, 2.45) is 0 Å². The van der Waals surface area contributed by atoms with Gasteiger partial charge in [-0.3, -0.25) is 9.59 Å². The molecule has 1 fully saturated rings. The largest absolute Gasteiger partial charge is 0.477 e. The van der Waals surface area contributed by atoms with Gasteiger partial charge in [0.05, 0.1) is 6.54 Å². The number of aliphatic carboxylic acids is 1. The lowest BCUT2D eigenvalue weighted by Crippen LogP contribution is -2.63. The number of hydrogen-bond donors (Lipinski definition) is 2. The molecule has 148 valence electrons. The normalized spacial score (nSPS) is 16.6. The van der Waals surface area contributed by atoms with E-state index in [0.717, 1.165) is 16.9 Å². The molecule has 6 nitrogen and oxygen atoms in total. The number of nitrogens with zero attached hydrogens (tertiary/aromatic N) is 1. The predicted octanol–water partition coefficient (Wildman–Crippen LogP) is 2.87. The van der Waals surface area contributed by atoms with Crippen LogP contribution in [0.25, 0.3) is 6.08 Å². The Hall–Kier alpha value is -3.67. The van der Waals surface area contributed by atoms with Gasteiger partial charge in [-0.2, -0.15) is 0 Å². The summed E-state index contributed by atoms with van der Waals surface area (Å²) in [6.45, 7) is 2.20. The van der Waals surface area contributed by atoms with E-state index in [9.17, 15) is 19.5 Å². The molecular formula is C23H22N2O4. The van der Waals surface area contributed by atoms with Gasteiger partial charge in [-0.15, -0.1) is 0 Å². The zero-order valence-corrected chi connectivity index (χ0v) is 16.0. The summed E-state index contributed by atoms with van der Waals surface area (Å²) in [6.07, 6.45) is 5.73. The molecular weight excluding hydrogens is 368 g/mol. The van der Waals surface area contributed by atoms with E-state index in [1.807, 2.05) is 24.3 Å². The second-order valence-electron chi connectivity index (χ2n) is 6.65. The molecule has 29 heavy (non-hydrogen) atoms. The van der Waals surface area contributed by atoms with Crippen LogP contribution in [0.15, 0.2) is 72.4 Å². The van der Waals surface area contributed by atoms with Crippen LogP contribution in [0.1, 0.15) is 28.4 Å². The van der Waals surface area contributed by atoms with Crippen LogP contribution >= 0.6 is 0 Å². The van der Waals surface area contributed by atoms with Crippen molar-refractivity contribution in [3.63, 3.8) is 0 Å². The van der Waals surface area contributed by atoms with Gasteiger partial charge in [0.1, 0.15) is 11.7 Å². The van der Waals surface area contributed by atoms with Crippen molar-refractivity contribution >= 4 is 23.9 Å². The minimum absolute atomic E-state index is 0.120. The monoisotopic (exact) mass is 390 g/mol. The number of β-lactam (4-membered cyclic amide) rings is 1. The van der Waals surface area contributed by atoms with Crippen molar-refractivity contribution in [1.82, 2.24) is 10.2 Å². The molecule has 0 aromatic heterocycles. The third-order valence-electron chi connectivity index (χ3n) is 4.71. The molecule has 0 radical (unpaired) electrons. The zero-order chi connectivity index (χ0) is 20.8. The molecule has 6 heteroatoms. The van der Waals surface area contributed by atoms with Crippen LogP contribution in [0, 0.1) is 0 Å². The number of carboxylic acid groups (broad SMARTS) is 1. The van der Waals surface area contributed by atoms with Gasteiger partial charge in [0.2, 0.25) is 0 Å². The lowest BCUT2D eigenvalue weighted by molar-refractivity contribution is -0.147. The number of carbonyl (C=O) groups is 3. The van der Waals surface area contributed by atoms with Gasteiger partial charge in [0.15, 0.2) is 0 Å². The van der Waals surface area contributed by atoms with Crippen LogP contribution in [0.4, 0.5) is 0 Å². The Morgan fingerprint density at radius 2 is 1.83 bits per heavy atom. The lowest BCUT2D eigenvalue weighted by Gasteiger charge is -2.38. The van der Waals surface area contributed by atoms with E-state index in [2.05, 4.69) is 12.2 Å². The van der Waals surface area contributed by atoms with E-state index in [1.54, 1.807) is 42.5 Å². The fourth-order valence-corrected chi connectivity index (χ4v) is 2.97. The molecule has 1 aliphatic heterocycles. The van der Waals surface area contributed by atoms with E-state index in [4.69, 9.17) is 0 Å². The summed E-state index contributed by atoms with van der Waals surface area (Å²) < 4.78 is 0. The highest BCUT2D eigenvalue weighted by Crippen LogP contribution is 2.19. The van der Waals surface area contributed by atoms with Crippen LogP contribution in [0.2, 0.25) is 0 Å². The standard InChI is InChI=1S/C23H22N2O4/c1-2-16-11-13-17(14-12-16)7-6-10-20(23(28)29)25-15-19(22(25)27)24-21(26)18-8-4-3-5-9-18/h3-14,19H,2,15H2,1H3,(H,24,26)(H,28,29)/b7-6+,20-10+/t19-/m0/s1. The van der Waals surface area contributed by atoms with Crippen LogP contribution in [-0.2, 0) is 16.0 Å². The van der Waals surface area contributed by atoms with E-state index in [-0.39, 0.29) is 18.1 Å². The quantitative estimate of drug-likeness (QED) is 0.432. The van der Waals surface area contributed by atoms with Gasteiger partial charge in [0, 0.05) is 5.56 Å². The predicted molar refractivity (Wildman–Crippen MR) is 110 cm³/mol. The third-order valence-corrected chi connectivity index (χ3v) is 4.71. The zero-order valence-electron chi connectivity index (χ0n) is 16.0. The highest BCUT2D eigenvalue weighted by Gasteiger charge is 2.41. The minimum Gasteiger partial charge on any atom is -0.477 e. The minimum atomic E-state index is -1.20. The Morgan fingerprint density at radius 1 is 1.14 bits per heavy atom. The summed E-state index contributed by atoms with van der Waals surface area (Å²) in [5.74, 6) is -2.00. The summed E-state index contributed by atoms with van der Waals surface area (Å²) in [4.78, 5) is 37.2. The number of rotatable bonds is 7. The van der Waals surface area contributed by atoms with E-state index < -0.39 is 17.9 Å². The molecule has 2 aromatic rings. The van der Waals surface area contributed by atoms with Crippen molar-refractivity contribution in [3.8, 4) is 0 Å². The van der Waals surface area contributed by atoms with E-state index >= 15 is 0 Å². The number of likely N-dealkylation sites (tertiary alicyclic amines) is 1. The third kappa shape index (κ3) is 4.79. The fraction of sp³-hybridized carbons (Fsp3) is 0.174. The summed E-state index contributed by atoms with van der Waals surface area (Å²) in [7, 11) is 0. The Bertz CT molecular complexity index is 962. The molecule has 1 atom stereocenters. The number of allylic oxidation sites excluding steroid dienone is 2. The molecule has 2 amide bonds. The summed E-state index contributed by atoms with van der Waals surface area (Å²) >= 11 is 0. The first-order valence-corrected chi connectivity index (χ1v) is 9.37. The number of carboxylic acids is 1. The molecule has 0 bridgehead atoms. The topological polar surface area (TPSA) is 86.7 Å². The van der Waals surface area contributed by atoms with E-state index in [1.165, 1.54) is 11.6 Å². The summed E-state index contributed by atoms with van der Waals surface area (Å²) in [5, 5.41) is 12.1. The maximum atomic E-state index is 12.4. The number of benzene rings is 2. The number of hydrogen-bond acceptors (Lipinski definition) is 3. The molecule has 0 saturated carbocycles. The van der Waals surface area contributed by atoms with E-state index in [0.29, 0.717) is 5.56 Å². The van der Waals surface area contributed by atoms with Crippen LogP contribution in [0.3, 0.4) is 0 Å². The Morgan fingerprint density at radius 3 is 2.41 bits per heavy atom. The maximum Gasteiger partial charge on any atom is 0.352 e. The molecule has 1 saturated heterocycles. The Kier molecular flexibility index (Phi) is 6.24. The van der Waals surface area contributed by atoms with Crippen LogP contribution in [-0.4, -0.2) is 40.4 Å². The van der Waals surface area contributed by atoms with Crippen molar-refractivity contribution < 1.29 is 19.5 Å². The van der Waals surface area contributed by atoms with Gasteiger partial charge >= 0.3 is 5.97 Å². The van der Waals surface area contributed by atoms with Crippen molar-refractivity contribution in [2.45, 2.75) is 19.4 Å². The summed E-state index contributed by atoms with van der Waals surface area (Å²) in [5.41, 5.74) is 2.48. The molecule has 1 heterocycles. The first kappa shape index (κ1) is 20.1. The van der Waals surface area contributed by atoms with Gasteiger partial charge in [-0.1, -0.05) is 61.5 Å². The van der Waals surface area contributed by atoms with Gasteiger partial charge in [-0.25, -0.2) is 4.79 Å². The van der Waals surface area contributed by atoms with Gasteiger partial charge in [0.25, 0.3) is 11.8 Å². The molecule has 2 N–H and O–H groups in total. The highest BCUT2D eigenvalue weighted by atomic mass is 16.4. The number of carbonyl (C=O) groups excluding carboxylic acids is 2. The second kappa shape index (κ2) is 9.01. The van der Waals surface area contributed by atoms with Gasteiger partial charge in [-0.05, 0) is 35.8 Å². The smallest absolute Gasteiger partial charge is 0.352 e. The maximum absolute atomic E-state index is 12.4. The Labute approximate surface area is 169 Å². The SMILES string of the molecule is CCc1ccc(/C=C/C=C(\C(=O)O)N2C[C@H](NC(=O)c3ccccc3)C2=O)cc1. The molecule has 0 unspecified atom stereocenters.